The second kappa shape index (κ2) is 18.0. The quantitative estimate of drug-likeness (QED) is 0.152. The van der Waals surface area contributed by atoms with E-state index >= 15 is 0 Å². The Bertz CT molecular complexity index is 640. The Labute approximate surface area is 213 Å². The van der Waals surface area contributed by atoms with Crippen LogP contribution >= 0.6 is 0 Å². The first-order valence-corrected chi connectivity index (χ1v) is 13.0. The van der Waals surface area contributed by atoms with Crippen molar-refractivity contribution in [3.8, 4) is 0 Å². The molecule has 0 atom stereocenters. The molecule has 1 aromatic carbocycles. The molecule has 0 bridgehead atoms. The molecule has 1 aromatic rings. The predicted molar refractivity (Wildman–Crippen MR) is 128 cm³/mol. The average Bonchev–Trinajstić information content (AvgIpc) is 2.66. The van der Waals surface area contributed by atoms with Crippen LogP contribution in [0.5, 0.6) is 0 Å². The standard InChI is InChI=1S/C24H42O3S.Ca.2H/c1-3-5-7-9-11-13-15-18-22-19-17-21-24(28(25,26)27)23(22)20-16-14-12-10-8-6-4-2;;;/h17,19,21H,3-16,18,20H2,1-2H3,(H,25,26,27);;;/q;+2;2*-1. The molecule has 0 aromatic heterocycles. The second-order valence-electron chi connectivity index (χ2n) is 8.11. The summed E-state index contributed by atoms with van der Waals surface area (Å²) in [6.07, 6.45) is 18.8. The van der Waals surface area contributed by atoms with Crippen molar-refractivity contribution in [1.82, 2.24) is 0 Å². The molecule has 0 aliphatic rings. The first-order valence-electron chi connectivity index (χ1n) is 11.6. The first kappa shape index (κ1) is 29.4. The average molecular weight is 453 g/mol. The molecule has 0 saturated heterocycles. The molecule has 0 saturated carbocycles. The minimum Gasteiger partial charge on any atom is -1.00 e. The van der Waals surface area contributed by atoms with E-state index in [0.29, 0.717) is 0 Å². The van der Waals surface area contributed by atoms with Gasteiger partial charge in [-0.25, -0.2) is 0 Å². The van der Waals surface area contributed by atoms with Crippen molar-refractivity contribution in [1.29, 1.82) is 0 Å². The number of benzene rings is 1. The molecule has 1 rings (SSSR count). The summed E-state index contributed by atoms with van der Waals surface area (Å²) in [7, 11) is -4.16. The number of hydrogen-bond donors (Lipinski definition) is 1. The van der Waals surface area contributed by atoms with Crippen molar-refractivity contribution < 1.29 is 15.8 Å². The van der Waals surface area contributed by atoms with E-state index in [1.165, 1.54) is 70.6 Å². The maximum Gasteiger partial charge on any atom is 2.00 e. The summed E-state index contributed by atoms with van der Waals surface area (Å²) in [5, 5.41) is 0. The zero-order valence-corrected chi connectivity index (χ0v) is 21.9. The normalized spacial score (nSPS) is 11.4. The number of hydrogen-bond acceptors (Lipinski definition) is 2. The molecule has 5 heteroatoms. The molecular weight excluding hydrogens is 408 g/mol. The summed E-state index contributed by atoms with van der Waals surface area (Å²) in [5.74, 6) is 0. The van der Waals surface area contributed by atoms with E-state index in [-0.39, 0.29) is 45.5 Å². The van der Waals surface area contributed by atoms with Crippen molar-refractivity contribution in [3.05, 3.63) is 29.3 Å². The van der Waals surface area contributed by atoms with Gasteiger partial charge in [0.1, 0.15) is 0 Å². The molecule has 0 unspecified atom stereocenters. The maximum atomic E-state index is 11.8. The molecular formula is C24H44CaO3S. The summed E-state index contributed by atoms with van der Waals surface area (Å²) >= 11 is 0. The fourth-order valence-corrected chi connectivity index (χ4v) is 4.70. The van der Waals surface area contributed by atoms with Crippen molar-refractivity contribution >= 4 is 47.9 Å². The molecule has 1 N–H and O–H groups in total. The number of rotatable bonds is 17. The molecule has 0 fully saturated rings. The third-order valence-electron chi connectivity index (χ3n) is 5.59. The van der Waals surface area contributed by atoms with Crippen LogP contribution in [0, 0.1) is 0 Å². The van der Waals surface area contributed by atoms with E-state index in [0.717, 1.165) is 43.2 Å². The summed E-state index contributed by atoms with van der Waals surface area (Å²) in [4.78, 5) is 0.124. The Balaban J connectivity index is -0.00000261. The molecule has 0 aliphatic carbocycles. The molecule has 3 nitrogen and oxygen atoms in total. The molecule has 0 amide bonds. The van der Waals surface area contributed by atoms with Crippen molar-refractivity contribution in [2.45, 2.75) is 121 Å². The van der Waals surface area contributed by atoms with Crippen LogP contribution in [0.15, 0.2) is 23.1 Å². The zero-order valence-electron chi connectivity index (χ0n) is 20.9. The Morgan fingerprint density at radius 3 is 1.66 bits per heavy atom. The first-order chi connectivity index (χ1) is 13.5. The van der Waals surface area contributed by atoms with E-state index < -0.39 is 10.1 Å². The zero-order chi connectivity index (χ0) is 20.7. The SMILES string of the molecule is CCCCCCCCCc1cccc(S(=O)(=O)O)c1CCCCCCCCC.[Ca+2].[H-].[H-]. The maximum absolute atomic E-state index is 11.8. The largest absolute Gasteiger partial charge is 2.00 e. The van der Waals surface area contributed by atoms with Crippen LogP contribution in [-0.4, -0.2) is 50.7 Å². The van der Waals surface area contributed by atoms with Crippen molar-refractivity contribution in [3.63, 3.8) is 0 Å². The topological polar surface area (TPSA) is 54.4 Å². The van der Waals surface area contributed by atoms with E-state index in [1.807, 2.05) is 6.07 Å². The Kier molecular flexibility index (Phi) is 18.3. The summed E-state index contributed by atoms with van der Waals surface area (Å²) in [6.45, 7) is 4.45. The van der Waals surface area contributed by atoms with Crippen LogP contribution in [0.4, 0.5) is 0 Å². The van der Waals surface area contributed by atoms with Crippen molar-refractivity contribution in [2.75, 3.05) is 0 Å². The number of aryl methyl sites for hydroxylation is 1. The third-order valence-corrected chi connectivity index (χ3v) is 6.53. The van der Waals surface area contributed by atoms with Gasteiger partial charge in [0.15, 0.2) is 0 Å². The molecule has 166 valence electrons. The van der Waals surface area contributed by atoms with Crippen LogP contribution in [0.25, 0.3) is 0 Å². The van der Waals surface area contributed by atoms with Gasteiger partial charge in [-0.1, -0.05) is 103 Å². The van der Waals surface area contributed by atoms with Crippen LogP contribution in [0.2, 0.25) is 0 Å². The van der Waals surface area contributed by atoms with Gasteiger partial charge in [-0.15, -0.1) is 0 Å². The fourth-order valence-electron chi connectivity index (χ4n) is 3.90. The predicted octanol–water partition coefficient (Wildman–Crippen LogP) is 7.36. The van der Waals surface area contributed by atoms with Gasteiger partial charge in [0.2, 0.25) is 0 Å². The fraction of sp³-hybridized carbons (Fsp3) is 0.750. The Hall–Kier alpha value is 0.390. The summed E-state index contributed by atoms with van der Waals surface area (Å²) in [5.41, 5.74) is 1.96. The summed E-state index contributed by atoms with van der Waals surface area (Å²) in [6, 6.07) is 5.37. The van der Waals surface area contributed by atoms with Crippen LogP contribution in [0.1, 0.15) is 118 Å². The molecule has 0 spiro atoms. The molecule has 0 aliphatic heterocycles. The molecule has 29 heavy (non-hydrogen) atoms. The van der Waals surface area contributed by atoms with Crippen LogP contribution < -0.4 is 0 Å². The third kappa shape index (κ3) is 13.4. The van der Waals surface area contributed by atoms with Gasteiger partial charge in [-0.2, -0.15) is 8.42 Å². The van der Waals surface area contributed by atoms with E-state index in [4.69, 9.17) is 0 Å². The van der Waals surface area contributed by atoms with Crippen LogP contribution in [-0.2, 0) is 23.0 Å². The van der Waals surface area contributed by atoms with Gasteiger partial charge in [0.05, 0.1) is 4.90 Å². The summed E-state index contributed by atoms with van der Waals surface area (Å²) < 4.78 is 33.3. The second-order valence-corrected chi connectivity index (χ2v) is 9.50. The Morgan fingerprint density at radius 2 is 1.17 bits per heavy atom. The van der Waals surface area contributed by atoms with E-state index in [2.05, 4.69) is 13.8 Å². The number of unbranched alkanes of at least 4 members (excludes halogenated alkanes) is 12. The molecule has 0 radical (unpaired) electrons. The molecule has 0 heterocycles. The monoisotopic (exact) mass is 452 g/mol. The van der Waals surface area contributed by atoms with Crippen molar-refractivity contribution in [2.24, 2.45) is 0 Å². The minimum absolute atomic E-state index is 0. The van der Waals surface area contributed by atoms with Crippen LogP contribution in [0.3, 0.4) is 0 Å². The minimum atomic E-state index is -4.16. The van der Waals surface area contributed by atoms with Gasteiger partial charge in [-0.05, 0) is 42.9 Å². The van der Waals surface area contributed by atoms with E-state index in [1.54, 1.807) is 12.1 Å². The smallest absolute Gasteiger partial charge is 1.00 e. The van der Waals surface area contributed by atoms with Gasteiger partial charge in [0, 0.05) is 0 Å². The van der Waals surface area contributed by atoms with Gasteiger partial charge in [0.25, 0.3) is 10.1 Å². The van der Waals surface area contributed by atoms with Gasteiger partial charge >= 0.3 is 37.7 Å². The Morgan fingerprint density at radius 1 is 0.724 bits per heavy atom. The van der Waals surface area contributed by atoms with Gasteiger partial charge < -0.3 is 2.85 Å². The van der Waals surface area contributed by atoms with E-state index in [9.17, 15) is 13.0 Å². The van der Waals surface area contributed by atoms with Gasteiger partial charge in [-0.3, -0.25) is 4.55 Å².